The summed E-state index contributed by atoms with van der Waals surface area (Å²) in [6.07, 6.45) is 10.8. The van der Waals surface area contributed by atoms with Gasteiger partial charge >= 0.3 is 0 Å². The molecule has 0 atom stereocenters. The van der Waals surface area contributed by atoms with E-state index in [1.165, 1.54) is 25.7 Å². The molecule has 7 nitrogen and oxygen atoms in total. The fourth-order valence-corrected chi connectivity index (χ4v) is 5.22. The summed E-state index contributed by atoms with van der Waals surface area (Å²) in [5, 5.41) is 5.62. The first-order valence-corrected chi connectivity index (χ1v) is 12.6. The van der Waals surface area contributed by atoms with Crippen molar-refractivity contribution in [3.63, 3.8) is 0 Å². The highest BCUT2D eigenvalue weighted by molar-refractivity contribution is 5.88. The SMILES string of the molecule is CCCc1nc(N2CCN(C(=O)CCC3CCCC3)CC2)c2cnn(-c3ccccc3)c2n1. The molecule has 0 radical (unpaired) electrons. The topological polar surface area (TPSA) is 67.2 Å². The first kappa shape index (κ1) is 21.9. The molecule has 2 aliphatic rings. The molecule has 1 aromatic carbocycles. The van der Waals surface area contributed by atoms with Crippen molar-refractivity contribution in [3.8, 4) is 5.69 Å². The van der Waals surface area contributed by atoms with Crippen LogP contribution in [-0.2, 0) is 11.2 Å². The number of carbonyl (C=O) groups is 1. The third-order valence-electron chi connectivity index (χ3n) is 7.10. The predicted molar refractivity (Wildman–Crippen MR) is 131 cm³/mol. The van der Waals surface area contributed by atoms with Gasteiger partial charge in [0.2, 0.25) is 5.91 Å². The summed E-state index contributed by atoms with van der Waals surface area (Å²) in [5.41, 5.74) is 1.85. The van der Waals surface area contributed by atoms with Crippen molar-refractivity contribution in [2.75, 3.05) is 31.1 Å². The molecule has 5 rings (SSSR count). The lowest BCUT2D eigenvalue weighted by Crippen LogP contribution is -2.49. The average molecular weight is 447 g/mol. The van der Waals surface area contributed by atoms with Gasteiger partial charge in [0.15, 0.2) is 5.65 Å². The second-order valence-electron chi connectivity index (χ2n) is 9.40. The minimum atomic E-state index is 0.318. The summed E-state index contributed by atoms with van der Waals surface area (Å²) >= 11 is 0. The molecule has 2 fully saturated rings. The van der Waals surface area contributed by atoms with Crippen molar-refractivity contribution < 1.29 is 4.79 Å². The van der Waals surface area contributed by atoms with Crippen molar-refractivity contribution in [3.05, 3.63) is 42.4 Å². The van der Waals surface area contributed by atoms with Crippen LogP contribution >= 0.6 is 0 Å². The van der Waals surface area contributed by atoms with E-state index in [1.807, 2.05) is 46.1 Å². The number of aromatic nitrogens is 4. The van der Waals surface area contributed by atoms with E-state index in [0.29, 0.717) is 12.3 Å². The normalized spacial score (nSPS) is 17.2. The van der Waals surface area contributed by atoms with Gasteiger partial charge in [0.05, 0.1) is 17.3 Å². The minimum absolute atomic E-state index is 0.318. The number of amides is 1. The van der Waals surface area contributed by atoms with E-state index < -0.39 is 0 Å². The van der Waals surface area contributed by atoms with E-state index in [0.717, 1.165) is 79.7 Å². The number of rotatable bonds is 7. The summed E-state index contributed by atoms with van der Waals surface area (Å²) in [6, 6.07) is 10.1. The molecule has 7 heteroatoms. The fourth-order valence-electron chi connectivity index (χ4n) is 5.22. The Balaban J connectivity index is 1.33. The molecule has 0 bridgehead atoms. The minimum Gasteiger partial charge on any atom is -0.352 e. The van der Waals surface area contributed by atoms with E-state index in [4.69, 9.17) is 9.97 Å². The Hall–Kier alpha value is -2.96. The third-order valence-corrected chi connectivity index (χ3v) is 7.10. The van der Waals surface area contributed by atoms with Gasteiger partial charge in [-0.15, -0.1) is 0 Å². The summed E-state index contributed by atoms with van der Waals surface area (Å²) in [6.45, 7) is 5.25. The van der Waals surface area contributed by atoms with E-state index in [-0.39, 0.29) is 0 Å². The summed E-state index contributed by atoms with van der Waals surface area (Å²) < 4.78 is 1.91. The number of anilines is 1. The number of aryl methyl sites for hydroxylation is 1. The number of para-hydroxylation sites is 1. The first-order valence-electron chi connectivity index (χ1n) is 12.6. The maximum Gasteiger partial charge on any atom is 0.222 e. The molecule has 1 saturated heterocycles. The standard InChI is InChI=1S/C26H34N6O/c1-2-8-23-28-25(22-19-27-32(26(22)29-23)21-11-4-3-5-12-21)31-17-15-30(16-18-31)24(33)14-13-20-9-6-7-10-20/h3-5,11-12,19-20H,2,6-10,13-18H2,1H3. The second-order valence-corrected chi connectivity index (χ2v) is 9.40. The molecule has 3 aromatic rings. The van der Waals surface area contributed by atoms with Gasteiger partial charge in [-0.25, -0.2) is 14.6 Å². The van der Waals surface area contributed by atoms with Crippen molar-refractivity contribution in [1.82, 2.24) is 24.6 Å². The molecular weight excluding hydrogens is 412 g/mol. The van der Waals surface area contributed by atoms with Crippen LogP contribution in [0.3, 0.4) is 0 Å². The summed E-state index contributed by atoms with van der Waals surface area (Å²) in [7, 11) is 0. The third kappa shape index (κ3) is 4.72. The molecular formula is C26H34N6O. The predicted octanol–water partition coefficient (Wildman–Crippen LogP) is 4.39. The fraction of sp³-hybridized carbons (Fsp3) is 0.538. The molecule has 3 heterocycles. The van der Waals surface area contributed by atoms with E-state index in [2.05, 4.69) is 16.9 Å². The average Bonchev–Trinajstić information content (AvgIpc) is 3.53. The summed E-state index contributed by atoms with van der Waals surface area (Å²) in [5.74, 6) is 2.89. The quantitative estimate of drug-likeness (QED) is 0.539. The molecule has 0 unspecified atom stereocenters. The zero-order valence-corrected chi connectivity index (χ0v) is 19.6. The van der Waals surface area contributed by atoms with Crippen LogP contribution in [0.4, 0.5) is 5.82 Å². The maximum absolute atomic E-state index is 12.8. The Morgan fingerprint density at radius 2 is 1.79 bits per heavy atom. The van der Waals surface area contributed by atoms with E-state index in [1.54, 1.807) is 0 Å². The zero-order valence-electron chi connectivity index (χ0n) is 19.6. The Bertz CT molecular complexity index is 1080. The lowest BCUT2D eigenvalue weighted by Gasteiger charge is -2.36. The summed E-state index contributed by atoms with van der Waals surface area (Å²) in [4.78, 5) is 26.9. The van der Waals surface area contributed by atoms with E-state index in [9.17, 15) is 4.79 Å². The molecule has 0 N–H and O–H groups in total. The van der Waals surface area contributed by atoms with Gasteiger partial charge in [-0.3, -0.25) is 4.79 Å². The molecule has 0 spiro atoms. The molecule has 1 aliphatic carbocycles. The molecule has 2 aromatic heterocycles. The van der Waals surface area contributed by atoms with Gasteiger partial charge in [0.25, 0.3) is 0 Å². The molecule has 174 valence electrons. The van der Waals surface area contributed by atoms with Crippen LogP contribution in [0.1, 0.15) is 57.7 Å². The number of carbonyl (C=O) groups excluding carboxylic acids is 1. The lowest BCUT2D eigenvalue weighted by atomic mass is 10.0. The van der Waals surface area contributed by atoms with Gasteiger partial charge in [-0.2, -0.15) is 5.10 Å². The van der Waals surface area contributed by atoms with Crippen LogP contribution in [0.15, 0.2) is 36.5 Å². The highest BCUT2D eigenvalue weighted by Crippen LogP contribution is 2.30. The number of hydrogen-bond acceptors (Lipinski definition) is 5. The van der Waals surface area contributed by atoms with Crippen molar-refractivity contribution in [1.29, 1.82) is 0 Å². The van der Waals surface area contributed by atoms with Crippen LogP contribution in [0.25, 0.3) is 16.7 Å². The van der Waals surface area contributed by atoms with Crippen molar-refractivity contribution in [2.45, 2.75) is 58.3 Å². The van der Waals surface area contributed by atoms with Crippen LogP contribution in [0.5, 0.6) is 0 Å². The Labute approximate surface area is 195 Å². The first-order chi connectivity index (χ1) is 16.2. The van der Waals surface area contributed by atoms with Crippen molar-refractivity contribution >= 4 is 22.8 Å². The highest BCUT2D eigenvalue weighted by atomic mass is 16.2. The Morgan fingerprint density at radius 3 is 2.52 bits per heavy atom. The zero-order chi connectivity index (χ0) is 22.6. The largest absolute Gasteiger partial charge is 0.352 e. The van der Waals surface area contributed by atoms with Gasteiger partial charge in [0.1, 0.15) is 11.6 Å². The Kier molecular flexibility index (Phi) is 6.55. The lowest BCUT2D eigenvalue weighted by molar-refractivity contribution is -0.131. The molecule has 33 heavy (non-hydrogen) atoms. The van der Waals surface area contributed by atoms with Crippen LogP contribution in [-0.4, -0.2) is 56.7 Å². The van der Waals surface area contributed by atoms with E-state index >= 15 is 0 Å². The molecule has 1 aliphatic heterocycles. The molecule has 1 saturated carbocycles. The van der Waals surface area contributed by atoms with Gasteiger partial charge < -0.3 is 9.80 Å². The number of fused-ring (bicyclic) bond motifs is 1. The highest BCUT2D eigenvalue weighted by Gasteiger charge is 2.26. The molecule has 1 amide bonds. The Morgan fingerprint density at radius 1 is 1.03 bits per heavy atom. The number of benzene rings is 1. The van der Waals surface area contributed by atoms with Crippen molar-refractivity contribution in [2.24, 2.45) is 5.92 Å². The van der Waals surface area contributed by atoms with Gasteiger partial charge in [-0.05, 0) is 30.9 Å². The van der Waals surface area contributed by atoms with Crippen LogP contribution in [0.2, 0.25) is 0 Å². The number of nitrogens with zero attached hydrogens (tertiary/aromatic N) is 6. The van der Waals surface area contributed by atoms with Gasteiger partial charge in [0, 0.05) is 39.0 Å². The maximum atomic E-state index is 12.8. The monoisotopic (exact) mass is 446 g/mol. The smallest absolute Gasteiger partial charge is 0.222 e. The number of piperazine rings is 1. The van der Waals surface area contributed by atoms with Gasteiger partial charge in [-0.1, -0.05) is 50.8 Å². The number of hydrogen-bond donors (Lipinski definition) is 0. The van der Waals surface area contributed by atoms with Crippen LogP contribution in [0, 0.1) is 5.92 Å². The van der Waals surface area contributed by atoms with Crippen LogP contribution < -0.4 is 4.90 Å². The second kappa shape index (κ2) is 9.89.